The molecule has 1 N–H and O–H groups in total. The molecule has 10 nitrogen and oxygen atoms in total. The van der Waals surface area contributed by atoms with Crippen LogP contribution in [-0.4, -0.2) is 105 Å². The average molecular weight is 621 g/mol. The van der Waals surface area contributed by atoms with Crippen LogP contribution in [0, 0.1) is 0 Å². The number of carbonyl (C=O) groups excluding carboxylic acids is 2. The van der Waals surface area contributed by atoms with E-state index >= 15 is 0 Å². The molecule has 3 aliphatic heterocycles. The van der Waals surface area contributed by atoms with E-state index in [1.807, 2.05) is 24.3 Å². The van der Waals surface area contributed by atoms with Crippen LogP contribution in [0.15, 0.2) is 63.5 Å². The molecular weight excluding hydrogens is 590 g/mol. The van der Waals surface area contributed by atoms with Gasteiger partial charge in [0, 0.05) is 49.3 Å². The van der Waals surface area contributed by atoms with Gasteiger partial charge in [0.2, 0.25) is 10.0 Å². The lowest BCUT2D eigenvalue weighted by Crippen LogP contribution is -2.42. The first-order valence-corrected chi connectivity index (χ1v) is 15.0. The van der Waals surface area contributed by atoms with Gasteiger partial charge >= 0.3 is 0 Å². The summed E-state index contributed by atoms with van der Waals surface area (Å²) in [5, 5.41) is 11.4. The van der Waals surface area contributed by atoms with E-state index in [2.05, 4.69) is 20.8 Å². The number of nitrogens with zero attached hydrogens (tertiary/aromatic N) is 3. The monoisotopic (exact) mass is 619 g/mol. The highest BCUT2D eigenvalue weighted by molar-refractivity contribution is 9.10. The van der Waals surface area contributed by atoms with E-state index in [1.54, 1.807) is 0 Å². The Morgan fingerprint density at radius 2 is 1.56 bits per heavy atom. The maximum Gasteiger partial charge on any atom is 0.295 e. The summed E-state index contributed by atoms with van der Waals surface area (Å²) in [4.78, 5) is 30.3. The zero-order valence-electron chi connectivity index (χ0n) is 21.3. The zero-order chi connectivity index (χ0) is 27.6. The molecule has 39 heavy (non-hydrogen) atoms. The Kier molecular flexibility index (Phi) is 8.50. The third kappa shape index (κ3) is 5.81. The molecule has 0 spiro atoms. The van der Waals surface area contributed by atoms with Gasteiger partial charge in [0.25, 0.3) is 11.7 Å². The number of benzene rings is 2. The number of ether oxygens (including phenoxy) is 2. The lowest BCUT2D eigenvalue weighted by atomic mass is 9.95. The fourth-order valence-electron chi connectivity index (χ4n) is 5.08. The SMILES string of the molecule is O=C1C(=O)N(CCN2CCOCC2)C(c2cccc(Br)c2)/C1=C(\O)c1ccc(S(=O)(=O)N2CCOCC2)cc1. The highest BCUT2D eigenvalue weighted by Gasteiger charge is 2.46. The van der Waals surface area contributed by atoms with Crippen molar-refractivity contribution >= 4 is 43.4 Å². The van der Waals surface area contributed by atoms with Crippen LogP contribution in [0.1, 0.15) is 17.2 Å². The van der Waals surface area contributed by atoms with Crippen molar-refractivity contribution in [3.8, 4) is 0 Å². The van der Waals surface area contributed by atoms with Crippen LogP contribution in [0.25, 0.3) is 5.76 Å². The Balaban J connectivity index is 1.48. The van der Waals surface area contributed by atoms with Crippen molar-refractivity contribution in [2.24, 2.45) is 0 Å². The second kappa shape index (κ2) is 11.9. The van der Waals surface area contributed by atoms with Gasteiger partial charge in [-0.15, -0.1) is 0 Å². The smallest absolute Gasteiger partial charge is 0.295 e. The van der Waals surface area contributed by atoms with Gasteiger partial charge in [0.1, 0.15) is 5.76 Å². The lowest BCUT2D eigenvalue weighted by Gasteiger charge is -2.31. The number of hydrogen-bond donors (Lipinski definition) is 1. The second-order valence-corrected chi connectivity index (χ2v) is 12.4. The predicted molar refractivity (Wildman–Crippen MR) is 146 cm³/mol. The van der Waals surface area contributed by atoms with Crippen molar-refractivity contribution in [2.75, 3.05) is 65.7 Å². The summed E-state index contributed by atoms with van der Waals surface area (Å²) >= 11 is 3.46. The Hall–Kier alpha value is -2.61. The fourth-order valence-corrected chi connectivity index (χ4v) is 6.91. The topological polar surface area (TPSA) is 117 Å². The van der Waals surface area contributed by atoms with Gasteiger partial charge < -0.3 is 19.5 Å². The molecule has 1 unspecified atom stereocenters. The maximum atomic E-state index is 13.3. The molecule has 12 heteroatoms. The molecule has 0 bridgehead atoms. The van der Waals surface area contributed by atoms with Gasteiger partial charge in [-0.25, -0.2) is 8.42 Å². The first kappa shape index (κ1) is 27.9. The highest BCUT2D eigenvalue weighted by Crippen LogP contribution is 2.40. The summed E-state index contributed by atoms with van der Waals surface area (Å²) < 4.78 is 38.8. The molecule has 3 fully saturated rings. The minimum Gasteiger partial charge on any atom is -0.507 e. The number of aliphatic hydroxyl groups is 1. The molecule has 208 valence electrons. The van der Waals surface area contributed by atoms with Crippen molar-refractivity contribution in [1.29, 1.82) is 0 Å². The number of carbonyl (C=O) groups is 2. The molecule has 1 amide bonds. The van der Waals surface area contributed by atoms with Crippen molar-refractivity contribution < 1.29 is 32.6 Å². The Bertz CT molecular complexity index is 1370. The zero-order valence-corrected chi connectivity index (χ0v) is 23.7. The van der Waals surface area contributed by atoms with Gasteiger partial charge in [-0.2, -0.15) is 4.31 Å². The molecule has 0 radical (unpaired) electrons. The molecule has 5 rings (SSSR count). The van der Waals surface area contributed by atoms with Crippen molar-refractivity contribution in [3.05, 3.63) is 69.7 Å². The number of hydrogen-bond acceptors (Lipinski definition) is 8. The number of morpholine rings is 2. The number of sulfonamides is 1. The quantitative estimate of drug-likeness (QED) is 0.285. The predicted octanol–water partition coefficient (Wildman–Crippen LogP) is 2.22. The summed E-state index contributed by atoms with van der Waals surface area (Å²) in [5.74, 6) is -1.80. The number of likely N-dealkylation sites (tertiary alicyclic amines) is 1. The van der Waals surface area contributed by atoms with Gasteiger partial charge in [-0.3, -0.25) is 14.5 Å². The molecular formula is C27H30BrN3O7S. The standard InChI is InChI=1S/C27H30BrN3O7S/c28-21-3-1-2-20(18-21)24-23(26(33)27(34)31(24)9-8-29-10-14-37-15-11-29)25(32)19-4-6-22(7-5-19)39(35,36)30-12-16-38-17-13-30/h1-7,18,24,32H,8-17H2/b25-23+. The minimum atomic E-state index is -3.72. The number of halogens is 1. The van der Waals surface area contributed by atoms with Crippen LogP contribution in [0.5, 0.6) is 0 Å². The van der Waals surface area contributed by atoms with Crippen molar-refractivity contribution in [3.63, 3.8) is 0 Å². The minimum absolute atomic E-state index is 0.0242. The first-order valence-electron chi connectivity index (χ1n) is 12.8. The van der Waals surface area contributed by atoms with Crippen LogP contribution >= 0.6 is 15.9 Å². The van der Waals surface area contributed by atoms with Gasteiger partial charge in [-0.05, 0) is 42.0 Å². The van der Waals surface area contributed by atoms with E-state index in [-0.39, 0.29) is 34.9 Å². The number of ketones is 1. The normalized spacial score (nSPS) is 22.9. The summed E-state index contributed by atoms with van der Waals surface area (Å²) in [6, 6.07) is 12.2. The number of aliphatic hydroxyl groups excluding tert-OH is 1. The van der Waals surface area contributed by atoms with Crippen molar-refractivity contribution in [2.45, 2.75) is 10.9 Å². The first-order chi connectivity index (χ1) is 18.8. The Morgan fingerprint density at radius 1 is 0.923 bits per heavy atom. The third-order valence-corrected chi connectivity index (χ3v) is 9.61. The number of rotatable bonds is 7. The molecule has 1 atom stereocenters. The molecule has 2 aromatic carbocycles. The Labute approximate surface area is 236 Å². The number of Topliss-reactive ketones (excluding diaryl/α,β-unsaturated/α-hetero) is 1. The second-order valence-electron chi connectivity index (χ2n) is 9.54. The molecule has 0 aromatic heterocycles. The molecule has 3 saturated heterocycles. The van der Waals surface area contributed by atoms with E-state index in [1.165, 1.54) is 33.5 Å². The molecule has 0 saturated carbocycles. The third-order valence-electron chi connectivity index (χ3n) is 7.20. The number of amides is 1. The van der Waals surface area contributed by atoms with Crippen LogP contribution in [0.2, 0.25) is 0 Å². The molecule has 3 aliphatic rings. The van der Waals surface area contributed by atoms with Crippen molar-refractivity contribution in [1.82, 2.24) is 14.1 Å². The highest BCUT2D eigenvalue weighted by atomic mass is 79.9. The summed E-state index contributed by atoms with van der Waals surface area (Å²) in [5.41, 5.74) is 0.907. The van der Waals surface area contributed by atoms with Gasteiger partial charge in [0.15, 0.2) is 0 Å². The average Bonchev–Trinajstić information content (AvgIpc) is 3.22. The summed E-state index contributed by atoms with van der Waals surface area (Å²) in [6.45, 7) is 4.78. The summed E-state index contributed by atoms with van der Waals surface area (Å²) in [6.07, 6.45) is 0. The Morgan fingerprint density at radius 3 is 2.21 bits per heavy atom. The van der Waals surface area contributed by atoms with E-state index in [9.17, 15) is 23.1 Å². The van der Waals surface area contributed by atoms with Gasteiger partial charge in [-0.1, -0.05) is 28.1 Å². The molecule has 0 aliphatic carbocycles. The van der Waals surface area contributed by atoms with Crippen LogP contribution in [0.3, 0.4) is 0 Å². The molecule has 3 heterocycles. The fraction of sp³-hybridized carbons (Fsp3) is 0.407. The van der Waals surface area contributed by atoms with E-state index in [0.717, 1.165) is 17.6 Å². The summed E-state index contributed by atoms with van der Waals surface area (Å²) in [7, 11) is -3.72. The molecule has 2 aromatic rings. The lowest BCUT2D eigenvalue weighted by molar-refractivity contribution is -0.140. The van der Waals surface area contributed by atoms with E-state index < -0.39 is 27.8 Å². The van der Waals surface area contributed by atoms with Crippen LogP contribution in [0.4, 0.5) is 0 Å². The van der Waals surface area contributed by atoms with Gasteiger partial charge in [0.05, 0.1) is 42.9 Å². The van der Waals surface area contributed by atoms with E-state index in [4.69, 9.17) is 9.47 Å². The van der Waals surface area contributed by atoms with E-state index in [0.29, 0.717) is 45.1 Å². The van der Waals surface area contributed by atoms with Crippen LogP contribution in [-0.2, 0) is 29.1 Å². The largest absolute Gasteiger partial charge is 0.507 e. The van der Waals surface area contributed by atoms with Crippen LogP contribution < -0.4 is 0 Å². The maximum absolute atomic E-state index is 13.3.